The summed E-state index contributed by atoms with van der Waals surface area (Å²) < 4.78 is 10.8. The summed E-state index contributed by atoms with van der Waals surface area (Å²) in [6.07, 6.45) is 2.39. The van der Waals surface area contributed by atoms with E-state index in [4.69, 9.17) is 9.31 Å². The van der Waals surface area contributed by atoms with Crippen molar-refractivity contribution >= 4 is 25.4 Å². The monoisotopic (exact) mass is 391 g/mol. The number of carbonyl (C=O) groups is 1. The highest BCUT2D eigenvalue weighted by atomic mass is 16.6. The predicted molar refractivity (Wildman–Crippen MR) is 115 cm³/mol. The van der Waals surface area contributed by atoms with Crippen molar-refractivity contribution in [3.8, 4) is 0 Å². The fourth-order valence-electron chi connectivity index (χ4n) is 3.58. The Hall–Kier alpha value is -2.08. The molecule has 2 aliphatic rings. The van der Waals surface area contributed by atoms with Gasteiger partial charge >= 0.3 is 14.0 Å². The van der Waals surface area contributed by atoms with Crippen LogP contribution in [0.5, 0.6) is 0 Å². The standard InChI is InChI=1S/C22H27B2NO4/c1-16(26)22(2,3)12-11-18-9-10-20(25(27)24-21(29-24)23-15-28-23)14-19(18)13-17-7-5-4-6-8-17/h4-10,14,21,27H,11-13,15H2,1-3H3. The number of aryl methyl sites for hydroxylation is 1. The van der Waals surface area contributed by atoms with Gasteiger partial charge in [0.15, 0.2) is 0 Å². The van der Waals surface area contributed by atoms with Crippen molar-refractivity contribution in [3.63, 3.8) is 0 Å². The molecular formula is C22H27B2NO4. The van der Waals surface area contributed by atoms with Crippen LogP contribution in [0.25, 0.3) is 0 Å². The molecule has 2 saturated heterocycles. The van der Waals surface area contributed by atoms with E-state index in [0.29, 0.717) is 6.51 Å². The lowest BCUT2D eigenvalue weighted by atomic mass is 9.60. The van der Waals surface area contributed by atoms with Crippen LogP contribution in [0.3, 0.4) is 0 Å². The lowest BCUT2D eigenvalue weighted by Gasteiger charge is -2.22. The molecule has 2 aromatic carbocycles. The predicted octanol–water partition coefficient (Wildman–Crippen LogP) is 3.55. The highest BCUT2D eigenvalue weighted by Crippen LogP contribution is 2.33. The smallest absolute Gasteiger partial charge is 0.436 e. The fraction of sp³-hybridized carbons (Fsp3) is 0.409. The largest absolute Gasteiger partial charge is 0.463 e. The summed E-state index contributed by atoms with van der Waals surface area (Å²) in [5.41, 5.74) is 3.96. The molecular weight excluding hydrogens is 364 g/mol. The number of ketones is 1. The molecule has 1 unspecified atom stereocenters. The third-order valence-electron chi connectivity index (χ3n) is 6.13. The normalized spacial score (nSPS) is 18.0. The van der Waals surface area contributed by atoms with E-state index in [-0.39, 0.29) is 31.1 Å². The molecule has 7 heteroatoms. The van der Waals surface area contributed by atoms with E-state index >= 15 is 0 Å². The molecule has 0 saturated carbocycles. The van der Waals surface area contributed by atoms with Gasteiger partial charge in [-0.05, 0) is 55.0 Å². The van der Waals surface area contributed by atoms with Crippen molar-refractivity contribution in [1.29, 1.82) is 0 Å². The van der Waals surface area contributed by atoms with E-state index in [1.807, 2.05) is 44.2 Å². The van der Waals surface area contributed by atoms with Gasteiger partial charge in [-0.3, -0.25) is 15.0 Å². The molecule has 0 amide bonds. The first-order valence-corrected chi connectivity index (χ1v) is 10.3. The summed E-state index contributed by atoms with van der Waals surface area (Å²) in [5.74, 6) is 0.160. The minimum absolute atomic E-state index is 0.0476. The molecule has 0 radical (unpaired) electrons. The van der Waals surface area contributed by atoms with Gasteiger partial charge in [0.25, 0.3) is 0 Å². The Morgan fingerprint density at radius 1 is 1.21 bits per heavy atom. The molecule has 0 aliphatic carbocycles. The minimum atomic E-state index is -0.342. The third-order valence-corrected chi connectivity index (χ3v) is 6.13. The van der Waals surface area contributed by atoms with Crippen LogP contribution in [0.15, 0.2) is 48.5 Å². The van der Waals surface area contributed by atoms with Crippen LogP contribution in [0, 0.1) is 5.41 Å². The first-order chi connectivity index (χ1) is 13.8. The summed E-state index contributed by atoms with van der Waals surface area (Å²) in [6.45, 7) is 6.49. The lowest BCUT2D eigenvalue weighted by molar-refractivity contribution is -0.125. The fourth-order valence-corrected chi connectivity index (χ4v) is 3.58. The van der Waals surface area contributed by atoms with Gasteiger partial charge in [-0.2, -0.15) is 0 Å². The first-order valence-electron chi connectivity index (χ1n) is 10.3. The second-order valence-corrected chi connectivity index (χ2v) is 8.76. The number of Topliss-reactive ketones (excluding diaryl/α,β-unsaturated/α-hetero) is 1. The van der Waals surface area contributed by atoms with Crippen molar-refractivity contribution in [1.82, 2.24) is 0 Å². The summed E-state index contributed by atoms with van der Waals surface area (Å²) in [5, 5.41) is 10.6. The number of hydrogen-bond acceptors (Lipinski definition) is 5. The average molecular weight is 391 g/mol. The van der Waals surface area contributed by atoms with Crippen LogP contribution in [-0.2, 0) is 26.9 Å². The van der Waals surface area contributed by atoms with E-state index in [0.717, 1.165) is 30.5 Å². The molecule has 29 heavy (non-hydrogen) atoms. The maximum absolute atomic E-state index is 11.9. The average Bonchev–Trinajstić information content (AvgIpc) is 3.60. The molecule has 0 aromatic heterocycles. The minimum Gasteiger partial charge on any atom is -0.436 e. The quantitative estimate of drug-likeness (QED) is 0.403. The van der Waals surface area contributed by atoms with Crippen molar-refractivity contribution in [2.24, 2.45) is 5.41 Å². The van der Waals surface area contributed by atoms with E-state index in [1.54, 1.807) is 6.92 Å². The summed E-state index contributed by atoms with van der Waals surface area (Å²) in [7, 11) is -0.338. The molecule has 5 nitrogen and oxygen atoms in total. The maximum atomic E-state index is 11.9. The van der Waals surface area contributed by atoms with E-state index < -0.39 is 0 Å². The summed E-state index contributed by atoms with van der Waals surface area (Å²) in [6, 6.07) is 16.3. The molecule has 1 atom stereocenters. The van der Waals surface area contributed by atoms with Crippen LogP contribution < -0.4 is 4.97 Å². The number of benzene rings is 2. The van der Waals surface area contributed by atoms with Gasteiger partial charge in [0, 0.05) is 11.9 Å². The number of rotatable bonds is 9. The van der Waals surface area contributed by atoms with E-state index in [9.17, 15) is 10.0 Å². The third kappa shape index (κ3) is 4.74. The zero-order valence-corrected chi connectivity index (χ0v) is 17.3. The van der Waals surface area contributed by atoms with Gasteiger partial charge < -0.3 is 9.31 Å². The van der Waals surface area contributed by atoms with Crippen LogP contribution in [-0.4, -0.2) is 37.4 Å². The Labute approximate surface area is 173 Å². The molecule has 2 aliphatic heterocycles. The molecule has 1 N–H and O–H groups in total. The number of carbonyl (C=O) groups excluding carboxylic acids is 1. The molecule has 0 bridgehead atoms. The highest BCUT2D eigenvalue weighted by Gasteiger charge is 2.62. The van der Waals surface area contributed by atoms with Gasteiger partial charge in [-0.1, -0.05) is 50.2 Å². The van der Waals surface area contributed by atoms with Crippen LogP contribution in [0.1, 0.15) is 43.9 Å². The highest BCUT2D eigenvalue weighted by molar-refractivity contribution is 6.85. The van der Waals surface area contributed by atoms with Gasteiger partial charge in [0.1, 0.15) is 5.78 Å². The zero-order valence-electron chi connectivity index (χ0n) is 17.3. The lowest BCUT2D eigenvalue weighted by Crippen LogP contribution is -2.30. The Morgan fingerprint density at radius 3 is 2.59 bits per heavy atom. The molecule has 2 aromatic rings. The van der Waals surface area contributed by atoms with Crippen molar-refractivity contribution in [2.45, 2.75) is 45.9 Å². The SMILES string of the molecule is CC(=O)C(C)(C)CCc1ccc(N(O)B2OC2B2CO2)cc1Cc1ccccc1. The molecule has 4 rings (SSSR count). The summed E-state index contributed by atoms with van der Waals surface area (Å²) >= 11 is 0. The molecule has 2 fully saturated rings. The Bertz CT molecular complexity index is 886. The van der Waals surface area contributed by atoms with Gasteiger partial charge in [0.2, 0.25) is 0 Å². The number of anilines is 1. The van der Waals surface area contributed by atoms with E-state index in [2.05, 4.69) is 18.2 Å². The Kier molecular flexibility index (Phi) is 5.56. The first kappa shape index (κ1) is 20.2. The second-order valence-electron chi connectivity index (χ2n) is 8.76. The van der Waals surface area contributed by atoms with Gasteiger partial charge in [-0.25, -0.2) is 0 Å². The molecule has 0 spiro atoms. The second kappa shape index (κ2) is 7.98. The number of nitrogens with zero attached hydrogens (tertiary/aromatic N) is 1. The van der Waals surface area contributed by atoms with E-state index in [1.165, 1.54) is 16.1 Å². The van der Waals surface area contributed by atoms with Gasteiger partial charge in [0.05, 0.1) is 11.6 Å². The van der Waals surface area contributed by atoms with Crippen molar-refractivity contribution < 1.29 is 19.3 Å². The number of hydrogen-bond donors (Lipinski definition) is 1. The van der Waals surface area contributed by atoms with Gasteiger partial charge in [-0.15, -0.1) is 0 Å². The maximum Gasteiger partial charge on any atom is 0.463 e. The molecule has 2 heterocycles. The van der Waals surface area contributed by atoms with Crippen LogP contribution in [0.4, 0.5) is 5.69 Å². The molecule has 150 valence electrons. The van der Waals surface area contributed by atoms with Crippen LogP contribution >= 0.6 is 0 Å². The Morgan fingerprint density at radius 2 is 1.93 bits per heavy atom. The topological polar surface area (TPSA) is 65.6 Å². The van der Waals surface area contributed by atoms with Crippen molar-refractivity contribution in [3.05, 3.63) is 65.2 Å². The Balaban J connectivity index is 1.55. The zero-order chi connectivity index (χ0) is 20.6. The summed E-state index contributed by atoms with van der Waals surface area (Å²) in [4.78, 5) is 13.1. The van der Waals surface area contributed by atoms with Crippen molar-refractivity contribution in [2.75, 3.05) is 11.5 Å². The van der Waals surface area contributed by atoms with Crippen LogP contribution in [0.2, 0.25) is 0 Å².